The van der Waals surface area contributed by atoms with Crippen molar-refractivity contribution in [2.45, 2.75) is 31.2 Å². The lowest BCUT2D eigenvalue weighted by molar-refractivity contribution is -0.136. The Morgan fingerprint density at radius 1 is 1.02 bits per heavy atom. The summed E-state index contributed by atoms with van der Waals surface area (Å²) in [6, 6.07) is 15.2. The Morgan fingerprint density at radius 2 is 1.80 bits per heavy atom. The first-order valence-electron chi connectivity index (χ1n) is 14.7. The second-order valence-corrected chi connectivity index (χ2v) is 11.7. The monoisotopic (exact) mass is 625 g/mol. The summed E-state index contributed by atoms with van der Waals surface area (Å²) in [5.74, 6) is -0.671. The molecule has 3 heterocycles. The summed E-state index contributed by atoms with van der Waals surface area (Å²) in [6.45, 7) is 1.78. The fraction of sp³-hybridized carbons (Fsp3) is 0.438. The largest absolute Gasteiger partial charge is 0.497 e. The van der Waals surface area contributed by atoms with Crippen LogP contribution in [0.2, 0.25) is 5.02 Å². The number of benzene rings is 2. The molecule has 2 aromatic carbocycles. The molecule has 0 spiro atoms. The maximum absolute atomic E-state index is 15.4. The fourth-order valence-electron chi connectivity index (χ4n) is 6.26. The molecule has 44 heavy (non-hydrogen) atoms. The van der Waals surface area contributed by atoms with Gasteiger partial charge in [0.2, 0.25) is 5.91 Å². The van der Waals surface area contributed by atoms with Gasteiger partial charge in [0.25, 0.3) is 5.56 Å². The van der Waals surface area contributed by atoms with Crippen molar-refractivity contribution in [1.29, 1.82) is 0 Å². The van der Waals surface area contributed by atoms with Gasteiger partial charge in [-0.25, -0.2) is 13.9 Å². The van der Waals surface area contributed by atoms with Gasteiger partial charge in [-0.05, 0) is 54.7 Å². The van der Waals surface area contributed by atoms with Crippen LogP contribution in [0.4, 0.5) is 15.0 Å². The number of nitrogens with zero attached hydrogens (tertiary/aromatic N) is 5. The molecule has 5 rings (SSSR count). The molecule has 3 aromatic rings. The maximum atomic E-state index is 15.4. The highest BCUT2D eigenvalue weighted by molar-refractivity contribution is 6.30. The van der Waals surface area contributed by atoms with Crippen LogP contribution in [0.3, 0.4) is 0 Å². The van der Waals surface area contributed by atoms with Gasteiger partial charge in [-0.15, -0.1) is 0 Å². The number of ether oxygens (including phenoxy) is 2. The van der Waals surface area contributed by atoms with E-state index in [4.69, 9.17) is 21.1 Å². The molecule has 2 unspecified atom stereocenters. The van der Waals surface area contributed by atoms with E-state index in [0.29, 0.717) is 74.1 Å². The number of methoxy groups -OCH3 is 2. The molecule has 2 saturated heterocycles. The lowest BCUT2D eigenvalue weighted by Crippen LogP contribution is -2.50. The highest BCUT2D eigenvalue weighted by Crippen LogP contribution is 2.38. The van der Waals surface area contributed by atoms with E-state index in [1.165, 1.54) is 31.0 Å². The summed E-state index contributed by atoms with van der Waals surface area (Å²) in [6.07, 6.45) is 1.56. The third-order valence-electron chi connectivity index (χ3n) is 8.64. The molecule has 0 saturated carbocycles. The second-order valence-electron chi connectivity index (χ2n) is 11.3. The first-order chi connectivity index (χ1) is 21.2. The van der Waals surface area contributed by atoms with Crippen LogP contribution in [0.25, 0.3) is 0 Å². The SMILES string of the molecule is COC(=O)N1CCN(C(=O)[C@@H]2CN(c3ccc(=O)n(C)n3)CC2c2ccc(OC)cc2F)CCCC1Cc1ccc(Cl)cc1. The summed E-state index contributed by atoms with van der Waals surface area (Å²) < 4.78 is 27.0. The zero-order valence-corrected chi connectivity index (χ0v) is 25.9. The number of hydrogen-bond donors (Lipinski definition) is 0. The minimum Gasteiger partial charge on any atom is -0.497 e. The van der Waals surface area contributed by atoms with Crippen molar-refractivity contribution >= 4 is 29.4 Å². The van der Waals surface area contributed by atoms with Gasteiger partial charge in [0.15, 0.2) is 0 Å². The van der Waals surface area contributed by atoms with Crippen LogP contribution >= 0.6 is 11.6 Å². The van der Waals surface area contributed by atoms with Crippen LogP contribution in [0.5, 0.6) is 5.75 Å². The zero-order chi connectivity index (χ0) is 31.4. The van der Waals surface area contributed by atoms with Crippen molar-refractivity contribution in [1.82, 2.24) is 19.6 Å². The minimum atomic E-state index is -0.576. The van der Waals surface area contributed by atoms with E-state index < -0.39 is 23.7 Å². The molecule has 0 radical (unpaired) electrons. The average molecular weight is 626 g/mol. The van der Waals surface area contributed by atoms with Gasteiger partial charge in [0, 0.05) is 68.9 Å². The molecule has 2 aliphatic rings. The lowest BCUT2D eigenvalue weighted by atomic mass is 9.87. The van der Waals surface area contributed by atoms with Gasteiger partial charge >= 0.3 is 6.09 Å². The Balaban J connectivity index is 1.38. The summed E-state index contributed by atoms with van der Waals surface area (Å²) in [5.41, 5.74) is 1.23. The molecule has 1 aromatic heterocycles. The molecule has 3 atom stereocenters. The first-order valence-corrected chi connectivity index (χ1v) is 15.1. The Labute approximate surface area is 260 Å². The molecule has 2 aliphatic heterocycles. The highest BCUT2D eigenvalue weighted by atomic mass is 35.5. The van der Waals surface area contributed by atoms with Crippen LogP contribution < -0.4 is 15.2 Å². The van der Waals surface area contributed by atoms with Gasteiger partial charge in [-0.2, -0.15) is 5.10 Å². The Morgan fingerprint density at radius 3 is 2.48 bits per heavy atom. The molecule has 0 bridgehead atoms. The Bertz CT molecular complexity index is 1550. The number of aryl methyl sites for hydroxylation is 1. The van der Waals surface area contributed by atoms with Crippen LogP contribution in [0.1, 0.15) is 29.9 Å². The molecule has 12 heteroatoms. The zero-order valence-electron chi connectivity index (χ0n) is 25.1. The quantitative estimate of drug-likeness (QED) is 0.407. The van der Waals surface area contributed by atoms with Crippen LogP contribution in [0, 0.1) is 11.7 Å². The van der Waals surface area contributed by atoms with Crippen LogP contribution in [-0.4, -0.2) is 84.6 Å². The number of carbonyl (C=O) groups excluding carboxylic acids is 2. The molecule has 10 nitrogen and oxygen atoms in total. The molecule has 0 N–H and O–H groups in total. The fourth-order valence-corrected chi connectivity index (χ4v) is 6.39. The number of rotatable bonds is 6. The highest BCUT2D eigenvalue weighted by Gasteiger charge is 2.42. The van der Waals surface area contributed by atoms with Gasteiger partial charge in [-0.3, -0.25) is 9.59 Å². The van der Waals surface area contributed by atoms with Crippen molar-refractivity contribution in [2.75, 3.05) is 51.8 Å². The van der Waals surface area contributed by atoms with Crippen LogP contribution in [-0.2, 0) is 23.0 Å². The topological polar surface area (TPSA) is 97.2 Å². The predicted octanol–water partition coefficient (Wildman–Crippen LogP) is 4.10. The van der Waals surface area contributed by atoms with E-state index in [9.17, 15) is 14.4 Å². The third kappa shape index (κ3) is 6.83. The van der Waals surface area contributed by atoms with Crippen molar-refractivity contribution < 1.29 is 23.5 Å². The third-order valence-corrected chi connectivity index (χ3v) is 8.89. The predicted molar refractivity (Wildman–Crippen MR) is 165 cm³/mol. The van der Waals surface area contributed by atoms with Gasteiger partial charge in [0.05, 0.1) is 20.1 Å². The van der Waals surface area contributed by atoms with Crippen molar-refractivity contribution in [2.24, 2.45) is 13.0 Å². The summed E-state index contributed by atoms with van der Waals surface area (Å²) in [7, 11) is 4.40. The molecular weight excluding hydrogens is 589 g/mol. The second kappa shape index (κ2) is 13.7. The van der Waals surface area contributed by atoms with E-state index in [0.717, 1.165) is 5.56 Å². The number of amides is 2. The first kappa shape index (κ1) is 31.3. The molecular formula is C32H37ClFN5O5. The lowest BCUT2D eigenvalue weighted by Gasteiger charge is -2.37. The normalized spacial score (nSPS) is 20.7. The number of aromatic nitrogens is 2. The Hall–Kier alpha value is -4.12. The molecule has 234 valence electrons. The van der Waals surface area contributed by atoms with Crippen molar-refractivity contribution in [3.8, 4) is 5.75 Å². The van der Waals surface area contributed by atoms with E-state index in [1.54, 1.807) is 35.0 Å². The van der Waals surface area contributed by atoms with E-state index in [2.05, 4.69) is 5.10 Å². The maximum Gasteiger partial charge on any atom is 0.409 e. The summed E-state index contributed by atoms with van der Waals surface area (Å²) in [4.78, 5) is 44.5. The van der Waals surface area contributed by atoms with E-state index in [-0.39, 0.29) is 17.5 Å². The number of carbonyl (C=O) groups is 2. The van der Waals surface area contributed by atoms with E-state index in [1.807, 2.05) is 29.2 Å². The summed E-state index contributed by atoms with van der Waals surface area (Å²) >= 11 is 6.06. The summed E-state index contributed by atoms with van der Waals surface area (Å²) in [5, 5.41) is 5.03. The van der Waals surface area contributed by atoms with Crippen molar-refractivity contribution in [3.05, 3.63) is 86.9 Å². The smallest absolute Gasteiger partial charge is 0.409 e. The van der Waals surface area contributed by atoms with Gasteiger partial charge in [0.1, 0.15) is 17.4 Å². The molecule has 2 fully saturated rings. The molecule has 0 aliphatic carbocycles. The standard InChI is InChI=1S/C32H37ClFN5O5/c1-36-30(40)13-12-29(35-36)38-19-26(25-11-10-24(43-2)18-28(25)34)27(20-38)31(41)37-14-4-5-23(39(16-15-37)32(42)44-3)17-21-6-8-22(33)9-7-21/h6-13,18,23,26-27H,4-5,14-17,19-20H2,1-3H3/t23?,26?,27-/m1/s1. The van der Waals surface area contributed by atoms with Crippen LogP contribution in [0.15, 0.2) is 59.4 Å². The van der Waals surface area contributed by atoms with Gasteiger partial charge in [-0.1, -0.05) is 29.8 Å². The number of hydrogen-bond acceptors (Lipinski definition) is 7. The average Bonchev–Trinajstić information content (AvgIpc) is 3.45. The van der Waals surface area contributed by atoms with Crippen molar-refractivity contribution in [3.63, 3.8) is 0 Å². The van der Waals surface area contributed by atoms with Gasteiger partial charge < -0.3 is 24.2 Å². The number of anilines is 1. The minimum absolute atomic E-state index is 0.0974. The number of halogens is 2. The Kier molecular flexibility index (Phi) is 9.73. The molecule has 2 amide bonds. The van der Waals surface area contributed by atoms with E-state index >= 15 is 4.39 Å².